The summed E-state index contributed by atoms with van der Waals surface area (Å²) in [6.45, 7) is 3.46. The van der Waals surface area contributed by atoms with Crippen molar-refractivity contribution in [2.24, 2.45) is 0 Å². The molecule has 0 bridgehead atoms. The van der Waals surface area contributed by atoms with E-state index < -0.39 is 5.79 Å². The molecule has 1 unspecified atom stereocenters. The predicted molar refractivity (Wildman–Crippen MR) is 43.7 cm³/mol. The lowest BCUT2D eigenvalue weighted by molar-refractivity contribution is -0.238. The summed E-state index contributed by atoms with van der Waals surface area (Å²) >= 11 is 0. The largest absolute Gasteiger partial charge is 0.431 e. The van der Waals surface area contributed by atoms with Crippen molar-refractivity contribution in [3.63, 3.8) is 0 Å². The van der Waals surface area contributed by atoms with E-state index in [1.807, 2.05) is 6.92 Å². The topological polar surface area (TPSA) is 44.8 Å². The van der Waals surface area contributed by atoms with Gasteiger partial charge in [0.05, 0.1) is 0 Å². The number of hydrogen-bond donors (Lipinski definition) is 0. The van der Waals surface area contributed by atoms with Crippen LogP contribution >= 0.6 is 0 Å². The summed E-state index contributed by atoms with van der Waals surface area (Å²) < 4.78 is 14.9. The fourth-order valence-electron chi connectivity index (χ4n) is 0.930. The Labute approximate surface area is 72.8 Å². The highest BCUT2D eigenvalue weighted by Crippen LogP contribution is 2.17. The molecule has 0 heterocycles. The van der Waals surface area contributed by atoms with Crippen molar-refractivity contribution in [1.29, 1.82) is 0 Å². The second-order valence-corrected chi connectivity index (χ2v) is 2.50. The van der Waals surface area contributed by atoms with Crippen molar-refractivity contribution >= 4 is 5.97 Å². The van der Waals surface area contributed by atoms with Crippen molar-refractivity contribution < 1.29 is 19.0 Å². The van der Waals surface area contributed by atoms with Gasteiger partial charge in [0.25, 0.3) is 0 Å². The summed E-state index contributed by atoms with van der Waals surface area (Å²) in [7, 11) is 3.03. The van der Waals surface area contributed by atoms with E-state index in [-0.39, 0.29) is 12.6 Å². The normalized spacial score (nSPS) is 15.3. The Kier molecular flexibility index (Phi) is 4.85. The third kappa shape index (κ3) is 3.19. The quantitative estimate of drug-likeness (QED) is 0.462. The third-order valence-corrected chi connectivity index (χ3v) is 1.60. The molecule has 0 amide bonds. The maximum Gasteiger partial charge on any atom is 0.305 e. The number of hydrogen-bond acceptors (Lipinski definition) is 4. The Morgan fingerprint density at radius 3 is 2.25 bits per heavy atom. The van der Waals surface area contributed by atoms with E-state index in [0.717, 1.165) is 0 Å². The van der Waals surface area contributed by atoms with Crippen LogP contribution in [0.2, 0.25) is 0 Å². The first kappa shape index (κ1) is 11.4. The number of rotatable bonds is 5. The molecule has 0 spiro atoms. The lowest BCUT2D eigenvalue weighted by Gasteiger charge is -2.29. The van der Waals surface area contributed by atoms with Crippen LogP contribution in [0.3, 0.4) is 0 Å². The van der Waals surface area contributed by atoms with E-state index in [4.69, 9.17) is 14.2 Å². The minimum Gasteiger partial charge on any atom is -0.431 e. The number of esters is 1. The third-order valence-electron chi connectivity index (χ3n) is 1.60. The molecule has 0 aliphatic heterocycles. The maximum atomic E-state index is 10.7. The van der Waals surface area contributed by atoms with Crippen molar-refractivity contribution in [1.82, 2.24) is 0 Å². The molecule has 72 valence electrons. The molecule has 0 N–H and O–H groups in total. The number of methoxy groups -OCH3 is 2. The average molecular weight is 176 g/mol. The fourth-order valence-corrected chi connectivity index (χ4v) is 0.930. The zero-order valence-electron chi connectivity index (χ0n) is 8.05. The van der Waals surface area contributed by atoms with Gasteiger partial charge in [-0.2, -0.15) is 0 Å². The summed E-state index contributed by atoms with van der Waals surface area (Å²) in [4.78, 5) is 10.7. The van der Waals surface area contributed by atoms with Gasteiger partial charge < -0.3 is 14.2 Å². The van der Waals surface area contributed by atoms with E-state index >= 15 is 0 Å². The van der Waals surface area contributed by atoms with E-state index in [1.54, 1.807) is 0 Å². The molecule has 0 rings (SSSR count). The lowest BCUT2D eigenvalue weighted by Crippen LogP contribution is -2.40. The van der Waals surface area contributed by atoms with Crippen LogP contribution in [0.4, 0.5) is 0 Å². The van der Waals surface area contributed by atoms with Gasteiger partial charge in [-0.15, -0.1) is 0 Å². The molecule has 4 heteroatoms. The van der Waals surface area contributed by atoms with Crippen LogP contribution in [0.15, 0.2) is 0 Å². The monoisotopic (exact) mass is 176 g/mol. The highest BCUT2D eigenvalue weighted by Gasteiger charge is 2.31. The van der Waals surface area contributed by atoms with Crippen LogP contribution < -0.4 is 0 Å². The molecule has 1 atom stereocenters. The summed E-state index contributed by atoms with van der Waals surface area (Å²) in [6.07, 6.45) is 0.566. The Bertz CT molecular complexity index is 140. The van der Waals surface area contributed by atoms with Crippen LogP contribution in [0, 0.1) is 0 Å². The fraction of sp³-hybridized carbons (Fsp3) is 0.875. The number of ether oxygens (including phenoxy) is 3. The van der Waals surface area contributed by atoms with Crippen molar-refractivity contribution in [2.45, 2.75) is 26.1 Å². The molecule has 0 aromatic carbocycles. The van der Waals surface area contributed by atoms with Gasteiger partial charge >= 0.3 is 5.97 Å². The molecule has 12 heavy (non-hydrogen) atoms. The second kappa shape index (κ2) is 5.11. The molecule has 0 aromatic rings. The minimum absolute atomic E-state index is 0.250. The van der Waals surface area contributed by atoms with Crippen molar-refractivity contribution in [2.75, 3.05) is 20.8 Å². The summed E-state index contributed by atoms with van der Waals surface area (Å²) in [5, 5.41) is 0. The first-order valence-electron chi connectivity index (χ1n) is 3.84. The van der Waals surface area contributed by atoms with Gasteiger partial charge in [-0.3, -0.25) is 4.79 Å². The van der Waals surface area contributed by atoms with Gasteiger partial charge in [0.15, 0.2) is 0 Å². The van der Waals surface area contributed by atoms with Crippen LogP contribution in [0.25, 0.3) is 0 Å². The lowest BCUT2D eigenvalue weighted by atomic mass is 10.2. The Morgan fingerprint density at radius 1 is 1.42 bits per heavy atom. The van der Waals surface area contributed by atoms with Crippen LogP contribution in [0.5, 0.6) is 0 Å². The molecule has 0 saturated heterocycles. The summed E-state index contributed by atoms with van der Waals surface area (Å²) in [5.41, 5.74) is 0. The summed E-state index contributed by atoms with van der Waals surface area (Å²) in [5.74, 6) is -1.28. The minimum atomic E-state index is -0.916. The summed E-state index contributed by atoms with van der Waals surface area (Å²) in [6, 6.07) is 0. The van der Waals surface area contributed by atoms with Gasteiger partial charge in [-0.25, -0.2) is 0 Å². The Hall–Kier alpha value is -0.610. The van der Waals surface area contributed by atoms with Crippen molar-refractivity contribution in [3.8, 4) is 0 Å². The second-order valence-electron chi connectivity index (χ2n) is 2.50. The number of carbonyl (C=O) groups is 1. The molecule has 0 fully saturated rings. The van der Waals surface area contributed by atoms with Crippen molar-refractivity contribution in [3.05, 3.63) is 0 Å². The SMILES string of the molecule is CCC(COC)(OC)OC(C)=O. The Morgan fingerprint density at radius 2 is 2.00 bits per heavy atom. The van der Waals surface area contributed by atoms with Gasteiger partial charge in [-0.05, 0) is 0 Å². The van der Waals surface area contributed by atoms with Gasteiger partial charge in [0, 0.05) is 27.6 Å². The first-order valence-corrected chi connectivity index (χ1v) is 3.84. The van der Waals surface area contributed by atoms with E-state index in [0.29, 0.717) is 6.42 Å². The van der Waals surface area contributed by atoms with Crippen LogP contribution in [-0.2, 0) is 19.0 Å². The molecular weight excluding hydrogens is 160 g/mol. The highest BCUT2D eigenvalue weighted by molar-refractivity contribution is 5.66. The number of carbonyl (C=O) groups excluding carboxylic acids is 1. The van der Waals surface area contributed by atoms with Crippen LogP contribution in [-0.4, -0.2) is 32.6 Å². The molecule has 0 aliphatic rings. The van der Waals surface area contributed by atoms with E-state index in [1.165, 1.54) is 21.1 Å². The molecule has 4 nitrogen and oxygen atoms in total. The van der Waals surface area contributed by atoms with E-state index in [9.17, 15) is 4.79 Å². The van der Waals surface area contributed by atoms with E-state index in [2.05, 4.69) is 0 Å². The average Bonchev–Trinajstić information content (AvgIpc) is 2.03. The molecule has 0 aliphatic carbocycles. The van der Waals surface area contributed by atoms with Gasteiger partial charge in [-0.1, -0.05) is 6.92 Å². The zero-order chi connectivity index (χ0) is 9.61. The molecule has 0 radical (unpaired) electrons. The molecular formula is C8H16O4. The highest BCUT2D eigenvalue weighted by atomic mass is 16.7. The first-order chi connectivity index (χ1) is 5.60. The molecule has 0 saturated carbocycles. The van der Waals surface area contributed by atoms with Gasteiger partial charge in [0.1, 0.15) is 6.61 Å². The zero-order valence-corrected chi connectivity index (χ0v) is 8.05. The molecule has 0 aromatic heterocycles. The Balaban J connectivity index is 4.23. The van der Waals surface area contributed by atoms with Gasteiger partial charge in [0.2, 0.25) is 5.79 Å². The predicted octanol–water partition coefficient (Wildman–Crippen LogP) is 0.949. The maximum absolute atomic E-state index is 10.7. The standard InChI is InChI=1S/C8H16O4/c1-5-8(11-4,6-10-3)12-7(2)9/h5-6H2,1-4H3. The smallest absolute Gasteiger partial charge is 0.305 e. The van der Waals surface area contributed by atoms with Crippen LogP contribution in [0.1, 0.15) is 20.3 Å².